The molecule has 18 heavy (non-hydrogen) atoms. The standard InChI is InChI=1S/C13H21N4O/c1-17(2,10-11-18-3)9-8-16-14-12-6-4-5-7-13(12)15-16/h4-7H,8-11H2,1-3H3/q+1. The summed E-state index contributed by atoms with van der Waals surface area (Å²) in [6, 6.07) is 7.95. The predicted molar refractivity (Wildman–Crippen MR) is 71.2 cm³/mol. The molecule has 0 fully saturated rings. The zero-order chi connectivity index (χ0) is 13.0. The fraction of sp³-hybridized carbons (Fsp3) is 0.538. The lowest BCUT2D eigenvalue weighted by atomic mass is 10.3. The van der Waals surface area contributed by atoms with E-state index in [4.69, 9.17) is 4.74 Å². The van der Waals surface area contributed by atoms with Crippen LogP contribution >= 0.6 is 0 Å². The summed E-state index contributed by atoms with van der Waals surface area (Å²) in [6.07, 6.45) is 0. The van der Waals surface area contributed by atoms with Gasteiger partial charge >= 0.3 is 0 Å². The Balaban J connectivity index is 1.97. The molecule has 0 aliphatic rings. The molecule has 0 aliphatic carbocycles. The number of likely N-dealkylation sites (N-methyl/N-ethyl adjacent to an activating group) is 1. The summed E-state index contributed by atoms with van der Waals surface area (Å²) in [5, 5.41) is 8.92. The molecule has 0 spiro atoms. The molecule has 0 radical (unpaired) electrons. The van der Waals surface area contributed by atoms with Gasteiger partial charge in [-0.1, -0.05) is 12.1 Å². The number of methoxy groups -OCH3 is 1. The van der Waals surface area contributed by atoms with Crippen molar-refractivity contribution in [2.24, 2.45) is 0 Å². The maximum Gasteiger partial charge on any atom is 0.113 e. The number of quaternary nitrogens is 1. The monoisotopic (exact) mass is 249 g/mol. The van der Waals surface area contributed by atoms with Crippen LogP contribution < -0.4 is 0 Å². The lowest BCUT2D eigenvalue weighted by Crippen LogP contribution is -2.44. The van der Waals surface area contributed by atoms with Gasteiger partial charge in [-0.05, 0) is 12.1 Å². The molecule has 0 saturated carbocycles. The maximum absolute atomic E-state index is 5.12. The van der Waals surface area contributed by atoms with Crippen LogP contribution in [0.5, 0.6) is 0 Å². The van der Waals surface area contributed by atoms with E-state index in [1.165, 1.54) is 0 Å². The summed E-state index contributed by atoms with van der Waals surface area (Å²) in [5.41, 5.74) is 1.92. The summed E-state index contributed by atoms with van der Waals surface area (Å²) >= 11 is 0. The summed E-state index contributed by atoms with van der Waals surface area (Å²) in [5.74, 6) is 0. The highest BCUT2D eigenvalue weighted by Crippen LogP contribution is 2.07. The van der Waals surface area contributed by atoms with Crippen LogP contribution in [0.15, 0.2) is 24.3 Å². The first-order valence-corrected chi connectivity index (χ1v) is 6.21. The van der Waals surface area contributed by atoms with Crippen molar-refractivity contribution in [3.63, 3.8) is 0 Å². The predicted octanol–water partition coefficient (Wildman–Crippen LogP) is 1.15. The molecular formula is C13H21N4O+. The minimum absolute atomic E-state index is 0.779. The van der Waals surface area contributed by atoms with Crippen molar-refractivity contribution in [2.45, 2.75) is 6.54 Å². The van der Waals surface area contributed by atoms with E-state index in [0.717, 1.165) is 41.8 Å². The Morgan fingerprint density at radius 2 is 1.72 bits per heavy atom. The van der Waals surface area contributed by atoms with E-state index in [2.05, 4.69) is 24.3 Å². The van der Waals surface area contributed by atoms with Crippen LogP contribution in [0.1, 0.15) is 0 Å². The first-order valence-electron chi connectivity index (χ1n) is 6.21. The van der Waals surface area contributed by atoms with E-state index in [9.17, 15) is 0 Å². The van der Waals surface area contributed by atoms with Crippen molar-refractivity contribution >= 4 is 11.0 Å². The minimum Gasteiger partial charge on any atom is -0.379 e. The van der Waals surface area contributed by atoms with Gasteiger partial charge in [-0.3, -0.25) is 0 Å². The van der Waals surface area contributed by atoms with Gasteiger partial charge in [-0.25, -0.2) is 0 Å². The van der Waals surface area contributed by atoms with Crippen molar-refractivity contribution < 1.29 is 9.22 Å². The van der Waals surface area contributed by atoms with Gasteiger partial charge in [-0.2, -0.15) is 15.0 Å². The SMILES string of the molecule is COCC[N+](C)(C)CCn1nc2ccccc2n1. The maximum atomic E-state index is 5.12. The largest absolute Gasteiger partial charge is 0.379 e. The molecule has 1 heterocycles. The fourth-order valence-electron chi connectivity index (χ4n) is 1.81. The summed E-state index contributed by atoms with van der Waals surface area (Å²) < 4.78 is 6.03. The highest BCUT2D eigenvalue weighted by molar-refractivity contribution is 5.72. The highest BCUT2D eigenvalue weighted by atomic mass is 16.5. The van der Waals surface area contributed by atoms with Crippen molar-refractivity contribution in [3.05, 3.63) is 24.3 Å². The molecule has 5 nitrogen and oxygen atoms in total. The van der Waals surface area contributed by atoms with E-state index in [1.54, 1.807) is 11.9 Å². The van der Waals surface area contributed by atoms with Crippen molar-refractivity contribution in [1.29, 1.82) is 0 Å². The molecule has 2 aromatic rings. The highest BCUT2D eigenvalue weighted by Gasteiger charge is 2.15. The van der Waals surface area contributed by atoms with Gasteiger partial charge in [0.2, 0.25) is 0 Å². The molecule has 98 valence electrons. The van der Waals surface area contributed by atoms with E-state index < -0.39 is 0 Å². The van der Waals surface area contributed by atoms with Gasteiger partial charge < -0.3 is 9.22 Å². The Labute approximate surface area is 108 Å². The Hall–Kier alpha value is -1.46. The second-order valence-electron chi connectivity index (χ2n) is 5.16. The quantitative estimate of drug-likeness (QED) is 0.721. The molecule has 5 heteroatoms. The first-order chi connectivity index (χ1) is 8.61. The molecule has 1 aromatic carbocycles. The topological polar surface area (TPSA) is 39.9 Å². The third-order valence-electron chi connectivity index (χ3n) is 3.13. The smallest absolute Gasteiger partial charge is 0.113 e. The van der Waals surface area contributed by atoms with Gasteiger partial charge in [-0.15, -0.1) is 0 Å². The molecule has 0 aliphatic heterocycles. The van der Waals surface area contributed by atoms with Crippen molar-refractivity contribution in [1.82, 2.24) is 15.0 Å². The minimum atomic E-state index is 0.779. The average Bonchev–Trinajstić information content (AvgIpc) is 2.77. The van der Waals surface area contributed by atoms with Crippen molar-refractivity contribution in [2.75, 3.05) is 40.9 Å². The van der Waals surface area contributed by atoms with E-state index >= 15 is 0 Å². The number of aromatic nitrogens is 3. The second-order valence-corrected chi connectivity index (χ2v) is 5.16. The van der Waals surface area contributed by atoms with Gasteiger partial charge in [0, 0.05) is 7.11 Å². The molecule has 2 rings (SSSR count). The molecule has 0 unspecified atom stereocenters. The van der Waals surface area contributed by atoms with Gasteiger partial charge in [0.25, 0.3) is 0 Å². The van der Waals surface area contributed by atoms with Crippen LogP contribution in [0.2, 0.25) is 0 Å². The summed E-state index contributed by atoms with van der Waals surface area (Å²) in [7, 11) is 6.13. The Bertz CT molecular complexity index is 473. The zero-order valence-electron chi connectivity index (χ0n) is 11.3. The van der Waals surface area contributed by atoms with Gasteiger partial charge in [0.05, 0.1) is 20.7 Å². The molecule has 1 aromatic heterocycles. The van der Waals surface area contributed by atoms with Gasteiger partial charge in [0.1, 0.15) is 30.7 Å². The molecular weight excluding hydrogens is 228 g/mol. The van der Waals surface area contributed by atoms with Gasteiger partial charge in [0.15, 0.2) is 0 Å². The number of nitrogens with zero attached hydrogens (tertiary/aromatic N) is 4. The Kier molecular flexibility index (Phi) is 3.93. The zero-order valence-corrected chi connectivity index (χ0v) is 11.3. The number of hydrogen-bond acceptors (Lipinski definition) is 3. The van der Waals surface area contributed by atoms with E-state index in [1.807, 2.05) is 24.3 Å². The lowest BCUT2D eigenvalue weighted by molar-refractivity contribution is -0.891. The third-order valence-corrected chi connectivity index (χ3v) is 3.13. The fourth-order valence-corrected chi connectivity index (χ4v) is 1.81. The second kappa shape index (κ2) is 5.46. The van der Waals surface area contributed by atoms with Crippen LogP contribution in [-0.4, -0.2) is 60.4 Å². The number of rotatable bonds is 6. The van der Waals surface area contributed by atoms with E-state index in [-0.39, 0.29) is 0 Å². The third kappa shape index (κ3) is 3.27. The van der Waals surface area contributed by atoms with Crippen molar-refractivity contribution in [3.8, 4) is 0 Å². The number of fused-ring (bicyclic) bond motifs is 1. The Morgan fingerprint density at radius 1 is 1.11 bits per heavy atom. The van der Waals surface area contributed by atoms with Crippen LogP contribution in [0.4, 0.5) is 0 Å². The summed E-state index contributed by atoms with van der Waals surface area (Å²) in [4.78, 5) is 1.79. The van der Waals surface area contributed by atoms with Crippen LogP contribution in [-0.2, 0) is 11.3 Å². The normalized spacial score (nSPS) is 12.2. The number of benzene rings is 1. The van der Waals surface area contributed by atoms with Crippen LogP contribution in [0.25, 0.3) is 11.0 Å². The number of ether oxygens (including phenoxy) is 1. The van der Waals surface area contributed by atoms with Crippen LogP contribution in [0, 0.1) is 0 Å². The molecule has 0 atom stereocenters. The number of hydrogen-bond donors (Lipinski definition) is 0. The molecule has 0 saturated heterocycles. The lowest BCUT2D eigenvalue weighted by Gasteiger charge is -2.29. The molecule has 0 N–H and O–H groups in total. The Morgan fingerprint density at radius 3 is 2.28 bits per heavy atom. The molecule has 0 amide bonds. The summed E-state index contributed by atoms with van der Waals surface area (Å²) in [6.45, 7) is 3.59. The molecule has 0 bridgehead atoms. The first kappa shape index (κ1) is 13.0. The average molecular weight is 249 g/mol. The van der Waals surface area contributed by atoms with E-state index in [0.29, 0.717) is 0 Å². The van der Waals surface area contributed by atoms with Crippen LogP contribution in [0.3, 0.4) is 0 Å².